The lowest BCUT2D eigenvalue weighted by molar-refractivity contribution is -0.384. The second-order valence-corrected chi connectivity index (χ2v) is 6.15. The zero-order chi connectivity index (χ0) is 20.1. The van der Waals surface area contributed by atoms with Crippen molar-refractivity contribution in [3.8, 4) is 5.75 Å². The van der Waals surface area contributed by atoms with E-state index in [1.54, 1.807) is 12.1 Å². The first kappa shape index (κ1) is 20.5. The van der Waals surface area contributed by atoms with Crippen LogP contribution in [0, 0.1) is 10.1 Å². The van der Waals surface area contributed by atoms with E-state index in [2.05, 4.69) is 5.32 Å². The van der Waals surface area contributed by atoms with Gasteiger partial charge in [0.25, 0.3) is 11.6 Å². The molecule has 142 valence electrons. The van der Waals surface area contributed by atoms with Gasteiger partial charge in [0, 0.05) is 17.2 Å². The number of non-ortho nitro benzene ring substituents is 1. The number of esters is 1. The Hall–Kier alpha value is -2.84. The lowest BCUT2D eigenvalue weighted by Crippen LogP contribution is -2.30. The summed E-state index contributed by atoms with van der Waals surface area (Å²) in [6.07, 6.45) is -1.17. The fourth-order valence-electron chi connectivity index (χ4n) is 2.07. The Morgan fingerprint density at radius 1 is 1.19 bits per heavy atom. The summed E-state index contributed by atoms with van der Waals surface area (Å²) in [6.45, 7) is 1.36. The molecule has 0 aliphatic carbocycles. The predicted molar refractivity (Wildman–Crippen MR) is 99.6 cm³/mol. The van der Waals surface area contributed by atoms with E-state index in [9.17, 15) is 19.7 Å². The second-order valence-electron chi connectivity index (χ2n) is 5.30. The fourth-order valence-corrected chi connectivity index (χ4v) is 2.50. The quantitative estimate of drug-likeness (QED) is 0.434. The predicted octanol–water partition coefficient (Wildman–Crippen LogP) is 4.09. The molecule has 0 heterocycles. The highest BCUT2D eigenvalue weighted by atomic mass is 35.5. The second kappa shape index (κ2) is 8.70. The number of nitro benzene ring substituents is 1. The average molecular weight is 413 g/mol. The van der Waals surface area contributed by atoms with Crippen molar-refractivity contribution in [3.05, 3.63) is 62.1 Å². The highest BCUT2D eigenvalue weighted by Gasteiger charge is 2.23. The number of hydrogen-bond donors (Lipinski definition) is 1. The molecule has 0 aliphatic heterocycles. The van der Waals surface area contributed by atoms with Crippen molar-refractivity contribution >= 4 is 46.5 Å². The Labute approximate surface area is 164 Å². The summed E-state index contributed by atoms with van der Waals surface area (Å²) < 4.78 is 10.2. The van der Waals surface area contributed by atoms with Crippen LogP contribution in [0.3, 0.4) is 0 Å². The van der Waals surface area contributed by atoms with E-state index in [4.69, 9.17) is 32.7 Å². The van der Waals surface area contributed by atoms with Gasteiger partial charge in [-0.15, -0.1) is 0 Å². The third kappa shape index (κ3) is 5.08. The van der Waals surface area contributed by atoms with E-state index in [1.807, 2.05) is 0 Å². The first-order valence-electron chi connectivity index (χ1n) is 7.52. The molecule has 0 aromatic heterocycles. The summed E-state index contributed by atoms with van der Waals surface area (Å²) >= 11 is 11.8. The van der Waals surface area contributed by atoms with Crippen LogP contribution in [-0.4, -0.2) is 30.0 Å². The molecule has 1 N–H and O–H groups in total. The Morgan fingerprint density at radius 3 is 2.48 bits per heavy atom. The third-order valence-electron chi connectivity index (χ3n) is 3.46. The number of hydrogen-bond acceptors (Lipinski definition) is 6. The summed E-state index contributed by atoms with van der Waals surface area (Å²) in [7, 11) is 1.43. The van der Waals surface area contributed by atoms with Crippen LogP contribution in [0.2, 0.25) is 10.0 Å². The number of halogens is 2. The van der Waals surface area contributed by atoms with E-state index in [1.165, 1.54) is 20.1 Å². The number of carbonyl (C=O) groups is 2. The molecule has 2 aromatic rings. The van der Waals surface area contributed by atoms with Gasteiger partial charge in [-0.1, -0.05) is 23.2 Å². The lowest BCUT2D eigenvalue weighted by Gasteiger charge is -2.15. The van der Waals surface area contributed by atoms with Crippen molar-refractivity contribution in [2.75, 3.05) is 12.4 Å². The van der Waals surface area contributed by atoms with Gasteiger partial charge in [0.15, 0.2) is 6.10 Å². The molecule has 8 nitrogen and oxygen atoms in total. The minimum Gasteiger partial charge on any atom is -0.495 e. The lowest BCUT2D eigenvalue weighted by atomic mass is 10.2. The van der Waals surface area contributed by atoms with Crippen LogP contribution < -0.4 is 10.1 Å². The Bertz CT molecular complexity index is 903. The molecular weight excluding hydrogens is 399 g/mol. The molecule has 2 aromatic carbocycles. The van der Waals surface area contributed by atoms with Crippen molar-refractivity contribution in [3.63, 3.8) is 0 Å². The minimum atomic E-state index is -1.17. The number of carbonyl (C=O) groups excluding carboxylic acids is 2. The van der Waals surface area contributed by atoms with Crippen molar-refractivity contribution in [2.45, 2.75) is 13.0 Å². The number of methoxy groups -OCH3 is 1. The van der Waals surface area contributed by atoms with Crippen LogP contribution in [0.4, 0.5) is 11.4 Å². The molecule has 2 rings (SSSR count). The molecule has 0 fully saturated rings. The number of anilines is 1. The number of ether oxygens (including phenoxy) is 2. The first-order valence-corrected chi connectivity index (χ1v) is 8.28. The summed E-state index contributed by atoms with van der Waals surface area (Å²) in [5, 5.41) is 13.5. The van der Waals surface area contributed by atoms with E-state index in [-0.39, 0.29) is 16.3 Å². The minimum absolute atomic E-state index is 0.0951. The van der Waals surface area contributed by atoms with Crippen LogP contribution >= 0.6 is 23.2 Å². The standard InChI is InChI=1S/C17H14Cl2N2O6/c1-9(16(22)20-14-7-10(18)3-6-15(14)26-2)27-17(23)12-5-4-11(21(24)25)8-13(12)19/h3-9H,1-2H3,(H,20,22)/t9-/m1/s1. The average Bonchev–Trinajstić information content (AvgIpc) is 2.61. The van der Waals surface area contributed by atoms with Gasteiger partial charge in [-0.2, -0.15) is 0 Å². The van der Waals surface area contributed by atoms with Gasteiger partial charge in [-0.25, -0.2) is 4.79 Å². The smallest absolute Gasteiger partial charge is 0.340 e. The molecule has 0 aliphatic rings. The van der Waals surface area contributed by atoms with Crippen LogP contribution in [0.5, 0.6) is 5.75 Å². The molecule has 1 amide bonds. The van der Waals surface area contributed by atoms with Crippen LogP contribution in [0.15, 0.2) is 36.4 Å². The maximum Gasteiger partial charge on any atom is 0.340 e. The molecule has 0 saturated heterocycles. The van der Waals surface area contributed by atoms with Gasteiger partial charge < -0.3 is 14.8 Å². The maximum absolute atomic E-state index is 12.3. The van der Waals surface area contributed by atoms with Crippen LogP contribution in [-0.2, 0) is 9.53 Å². The van der Waals surface area contributed by atoms with Gasteiger partial charge in [0.05, 0.1) is 28.3 Å². The van der Waals surface area contributed by atoms with E-state index >= 15 is 0 Å². The van der Waals surface area contributed by atoms with E-state index in [0.717, 1.165) is 18.2 Å². The number of amides is 1. The molecule has 0 radical (unpaired) electrons. The molecular formula is C17H14Cl2N2O6. The molecule has 27 heavy (non-hydrogen) atoms. The number of nitrogens with one attached hydrogen (secondary N) is 1. The molecule has 10 heteroatoms. The highest BCUT2D eigenvalue weighted by molar-refractivity contribution is 6.33. The largest absolute Gasteiger partial charge is 0.495 e. The van der Waals surface area contributed by atoms with Crippen molar-refractivity contribution < 1.29 is 24.0 Å². The van der Waals surface area contributed by atoms with Gasteiger partial charge in [-0.05, 0) is 31.2 Å². The Balaban J connectivity index is 2.09. The van der Waals surface area contributed by atoms with Crippen molar-refractivity contribution in [1.29, 1.82) is 0 Å². The number of benzene rings is 2. The molecule has 0 saturated carbocycles. The van der Waals surface area contributed by atoms with E-state index < -0.39 is 22.9 Å². The zero-order valence-electron chi connectivity index (χ0n) is 14.2. The van der Waals surface area contributed by atoms with Gasteiger partial charge in [0.2, 0.25) is 0 Å². The fraction of sp³-hybridized carbons (Fsp3) is 0.176. The Morgan fingerprint density at radius 2 is 1.89 bits per heavy atom. The van der Waals surface area contributed by atoms with Gasteiger partial charge in [-0.3, -0.25) is 14.9 Å². The maximum atomic E-state index is 12.3. The SMILES string of the molecule is COc1ccc(Cl)cc1NC(=O)[C@@H](C)OC(=O)c1ccc([N+](=O)[O-])cc1Cl. The molecule has 0 spiro atoms. The van der Waals surface area contributed by atoms with Crippen molar-refractivity contribution in [1.82, 2.24) is 0 Å². The normalized spacial score (nSPS) is 11.4. The van der Waals surface area contributed by atoms with Crippen LogP contribution in [0.1, 0.15) is 17.3 Å². The summed E-state index contributed by atoms with van der Waals surface area (Å²) in [5.41, 5.74) is -0.0519. The first-order chi connectivity index (χ1) is 12.7. The summed E-state index contributed by atoms with van der Waals surface area (Å²) in [4.78, 5) is 34.5. The summed E-state index contributed by atoms with van der Waals surface area (Å²) in [6, 6.07) is 7.96. The highest BCUT2D eigenvalue weighted by Crippen LogP contribution is 2.28. The third-order valence-corrected chi connectivity index (χ3v) is 4.00. The topological polar surface area (TPSA) is 108 Å². The van der Waals surface area contributed by atoms with Crippen molar-refractivity contribution in [2.24, 2.45) is 0 Å². The number of nitro groups is 1. The molecule has 0 bridgehead atoms. The molecule has 1 atom stereocenters. The monoisotopic (exact) mass is 412 g/mol. The summed E-state index contributed by atoms with van der Waals surface area (Å²) in [5.74, 6) is -1.14. The van der Waals surface area contributed by atoms with Gasteiger partial charge >= 0.3 is 5.97 Å². The number of rotatable bonds is 6. The molecule has 0 unspecified atom stereocenters. The van der Waals surface area contributed by atoms with Gasteiger partial charge in [0.1, 0.15) is 5.75 Å². The number of nitrogens with zero attached hydrogens (tertiary/aromatic N) is 1. The zero-order valence-corrected chi connectivity index (χ0v) is 15.7. The Kier molecular flexibility index (Phi) is 6.59. The van der Waals surface area contributed by atoms with Crippen LogP contribution in [0.25, 0.3) is 0 Å². The van der Waals surface area contributed by atoms with E-state index in [0.29, 0.717) is 16.5 Å².